The van der Waals surface area contributed by atoms with Crippen molar-refractivity contribution in [2.75, 3.05) is 0 Å². The minimum Gasteiger partial charge on any atom is -0.334 e. The van der Waals surface area contributed by atoms with Gasteiger partial charge in [-0.1, -0.05) is 58.0 Å². The van der Waals surface area contributed by atoms with Crippen LogP contribution in [0.1, 0.15) is 51.8 Å². The molecule has 0 aliphatic heterocycles. The largest absolute Gasteiger partial charge is 0.334 e. The van der Waals surface area contributed by atoms with E-state index >= 15 is 0 Å². The highest BCUT2D eigenvalue weighted by molar-refractivity contribution is 7.90. The van der Waals surface area contributed by atoms with Crippen molar-refractivity contribution in [1.29, 1.82) is 0 Å². The SMILES string of the molecule is CC(C)Cn1c(CN(C(=O)C(C)C)C2CC2)cnc1S(=O)(=O)Cc1ccccc1. The first-order chi connectivity index (χ1) is 13.7. The number of benzene rings is 1. The van der Waals surface area contributed by atoms with Gasteiger partial charge in [-0.15, -0.1) is 0 Å². The minimum absolute atomic E-state index is 0.0837. The fraction of sp³-hybridized carbons (Fsp3) is 0.545. The van der Waals surface area contributed by atoms with E-state index in [2.05, 4.69) is 18.8 Å². The van der Waals surface area contributed by atoms with Crippen molar-refractivity contribution in [3.63, 3.8) is 0 Å². The van der Waals surface area contributed by atoms with Gasteiger partial charge in [0, 0.05) is 18.5 Å². The number of hydrogen-bond acceptors (Lipinski definition) is 4. The van der Waals surface area contributed by atoms with Crippen LogP contribution in [-0.2, 0) is 33.5 Å². The summed E-state index contributed by atoms with van der Waals surface area (Å²) in [5.41, 5.74) is 1.52. The first-order valence-corrected chi connectivity index (χ1v) is 12.0. The Kier molecular flexibility index (Phi) is 6.46. The molecule has 29 heavy (non-hydrogen) atoms. The molecule has 6 nitrogen and oxygen atoms in total. The summed E-state index contributed by atoms with van der Waals surface area (Å²) >= 11 is 0. The molecule has 0 unspecified atom stereocenters. The molecule has 1 fully saturated rings. The van der Waals surface area contributed by atoms with Crippen molar-refractivity contribution in [2.45, 2.75) is 70.6 Å². The van der Waals surface area contributed by atoms with Crippen LogP contribution in [0.5, 0.6) is 0 Å². The number of rotatable bonds is 9. The standard InChI is InChI=1S/C22H31N3O3S/c1-16(2)13-25-20(14-24(19-10-11-19)21(26)17(3)4)12-23-22(25)29(27,28)15-18-8-6-5-7-9-18/h5-9,12,16-17,19H,10-11,13-15H2,1-4H3. The number of hydrogen-bond donors (Lipinski definition) is 0. The Morgan fingerprint density at radius 3 is 2.38 bits per heavy atom. The molecule has 1 saturated carbocycles. The lowest BCUT2D eigenvalue weighted by molar-refractivity contribution is -0.135. The van der Waals surface area contributed by atoms with Crippen molar-refractivity contribution in [3.8, 4) is 0 Å². The van der Waals surface area contributed by atoms with E-state index in [1.54, 1.807) is 10.8 Å². The summed E-state index contributed by atoms with van der Waals surface area (Å²) in [6.07, 6.45) is 3.65. The Labute approximate surface area is 173 Å². The van der Waals surface area contributed by atoms with Crippen LogP contribution in [0.4, 0.5) is 0 Å². The summed E-state index contributed by atoms with van der Waals surface area (Å²) in [4.78, 5) is 18.9. The average Bonchev–Trinajstić information content (AvgIpc) is 3.41. The first-order valence-electron chi connectivity index (χ1n) is 10.3. The molecule has 0 spiro atoms. The van der Waals surface area contributed by atoms with E-state index in [9.17, 15) is 13.2 Å². The summed E-state index contributed by atoms with van der Waals surface area (Å²) in [6.45, 7) is 8.86. The minimum atomic E-state index is -3.60. The molecule has 1 aromatic carbocycles. The zero-order valence-electron chi connectivity index (χ0n) is 17.7. The van der Waals surface area contributed by atoms with Gasteiger partial charge >= 0.3 is 0 Å². The molecule has 0 saturated heterocycles. The van der Waals surface area contributed by atoms with Gasteiger partial charge in [0.05, 0.1) is 24.2 Å². The van der Waals surface area contributed by atoms with Crippen LogP contribution in [0, 0.1) is 11.8 Å². The van der Waals surface area contributed by atoms with Crippen LogP contribution in [0.3, 0.4) is 0 Å². The molecule has 7 heteroatoms. The second-order valence-electron chi connectivity index (χ2n) is 8.63. The highest BCUT2D eigenvalue weighted by atomic mass is 32.2. The number of sulfone groups is 1. The van der Waals surface area contributed by atoms with Crippen LogP contribution in [0.25, 0.3) is 0 Å². The van der Waals surface area contributed by atoms with Gasteiger partial charge in [0.25, 0.3) is 0 Å². The zero-order chi connectivity index (χ0) is 21.2. The summed E-state index contributed by atoms with van der Waals surface area (Å²) in [5.74, 6) is 0.195. The Hall–Kier alpha value is -2.15. The Morgan fingerprint density at radius 1 is 1.17 bits per heavy atom. The summed E-state index contributed by atoms with van der Waals surface area (Å²) < 4.78 is 28.1. The normalized spacial score (nSPS) is 14.6. The van der Waals surface area contributed by atoms with Crippen LogP contribution < -0.4 is 0 Å². The zero-order valence-corrected chi connectivity index (χ0v) is 18.5. The van der Waals surface area contributed by atoms with Crippen LogP contribution in [0.2, 0.25) is 0 Å². The maximum atomic E-state index is 13.1. The van der Waals surface area contributed by atoms with E-state index in [-0.39, 0.29) is 34.7 Å². The van der Waals surface area contributed by atoms with Crippen molar-refractivity contribution in [3.05, 3.63) is 47.8 Å². The van der Waals surface area contributed by atoms with Crippen molar-refractivity contribution >= 4 is 15.7 Å². The van der Waals surface area contributed by atoms with E-state index in [0.717, 1.165) is 24.1 Å². The van der Waals surface area contributed by atoms with Gasteiger partial charge in [0.1, 0.15) is 0 Å². The predicted octanol–water partition coefficient (Wildman–Crippen LogP) is 3.66. The maximum absolute atomic E-state index is 13.1. The molecule has 1 amide bonds. The lowest BCUT2D eigenvalue weighted by Gasteiger charge is -2.25. The third-order valence-corrected chi connectivity index (χ3v) is 6.62. The highest BCUT2D eigenvalue weighted by Gasteiger charge is 2.35. The Morgan fingerprint density at radius 2 is 1.83 bits per heavy atom. The lowest BCUT2D eigenvalue weighted by atomic mass is 10.1. The number of amides is 1. The molecule has 158 valence electrons. The smallest absolute Gasteiger partial charge is 0.228 e. The molecule has 1 aliphatic rings. The van der Waals surface area contributed by atoms with Crippen LogP contribution in [0.15, 0.2) is 41.7 Å². The van der Waals surface area contributed by atoms with E-state index in [0.29, 0.717) is 13.1 Å². The van der Waals surface area contributed by atoms with Gasteiger partial charge in [0.2, 0.25) is 20.9 Å². The number of imidazole rings is 1. The van der Waals surface area contributed by atoms with E-state index in [1.165, 1.54) is 0 Å². The second-order valence-corrected chi connectivity index (χ2v) is 10.5. The lowest BCUT2D eigenvalue weighted by Crippen LogP contribution is -2.36. The van der Waals surface area contributed by atoms with Gasteiger partial charge in [-0.2, -0.15) is 0 Å². The molecule has 1 aliphatic carbocycles. The highest BCUT2D eigenvalue weighted by Crippen LogP contribution is 2.30. The fourth-order valence-electron chi connectivity index (χ4n) is 3.46. The van der Waals surface area contributed by atoms with E-state index in [1.807, 2.05) is 49.1 Å². The van der Waals surface area contributed by atoms with Gasteiger partial charge in [-0.05, 0) is 24.3 Å². The van der Waals surface area contributed by atoms with Gasteiger partial charge in [-0.3, -0.25) is 4.79 Å². The third kappa shape index (κ3) is 5.26. The second kappa shape index (κ2) is 8.69. The fourth-order valence-corrected chi connectivity index (χ4v) is 4.97. The quantitative estimate of drug-likeness (QED) is 0.624. The molecule has 1 heterocycles. The summed E-state index contributed by atoms with van der Waals surface area (Å²) in [7, 11) is -3.60. The maximum Gasteiger partial charge on any atom is 0.228 e. The molecule has 0 atom stereocenters. The van der Waals surface area contributed by atoms with Crippen molar-refractivity contribution in [1.82, 2.24) is 14.5 Å². The molecule has 0 radical (unpaired) electrons. The van der Waals surface area contributed by atoms with Crippen molar-refractivity contribution < 1.29 is 13.2 Å². The molecule has 1 aromatic heterocycles. The monoisotopic (exact) mass is 417 g/mol. The van der Waals surface area contributed by atoms with Gasteiger partial charge in [-0.25, -0.2) is 13.4 Å². The van der Waals surface area contributed by atoms with Crippen molar-refractivity contribution in [2.24, 2.45) is 11.8 Å². The average molecular weight is 418 g/mol. The molecular weight excluding hydrogens is 386 g/mol. The molecule has 2 aromatic rings. The van der Waals surface area contributed by atoms with Crippen LogP contribution in [-0.4, -0.2) is 34.8 Å². The number of aromatic nitrogens is 2. The van der Waals surface area contributed by atoms with E-state index < -0.39 is 9.84 Å². The first kappa shape index (κ1) is 21.6. The third-order valence-electron chi connectivity index (χ3n) is 5.02. The number of nitrogens with zero attached hydrogens (tertiary/aromatic N) is 3. The topological polar surface area (TPSA) is 72.3 Å². The van der Waals surface area contributed by atoms with Gasteiger partial charge < -0.3 is 9.47 Å². The molecule has 0 N–H and O–H groups in total. The van der Waals surface area contributed by atoms with Gasteiger partial charge in [0.15, 0.2) is 0 Å². The summed E-state index contributed by atoms with van der Waals surface area (Å²) in [6, 6.07) is 9.42. The van der Waals surface area contributed by atoms with Crippen LogP contribution >= 0.6 is 0 Å². The molecule has 3 rings (SSSR count). The molecule has 0 bridgehead atoms. The number of carbonyl (C=O) groups is 1. The Bertz CT molecular complexity index is 945. The Balaban J connectivity index is 1.93. The predicted molar refractivity (Wildman–Crippen MR) is 113 cm³/mol. The van der Waals surface area contributed by atoms with E-state index in [4.69, 9.17) is 0 Å². The summed E-state index contributed by atoms with van der Waals surface area (Å²) in [5, 5.41) is 0.0952. The number of carbonyl (C=O) groups excluding carboxylic acids is 1. The molecular formula is C22H31N3O3S.